The van der Waals surface area contributed by atoms with Crippen molar-refractivity contribution >= 4 is 17.5 Å². The van der Waals surface area contributed by atoms with Crippen molar-refractivity contribution in [3.63, 3.8) is 0 Å². The van der Waals surface area contributed by atoms with E-state index < -0.39 is 5.82 Å². The van der Waals surface area contributed by atoms with Crippen LogP contribution in [0, 0.1) is 5.82 Å². The Balaban J connectivity index is 2.55. The molecule has 0 saturated carbocycles. The molecular formula is C11H9ClFN3O. The van der Waals surface area contributed by atoms with Crippen LogP contribution in [0.1, 0.15) is 0 Å². The molecule has 0 spiro atoms. The highest BCUT2D eigenvalue weighted by Gasteiger charge is 2.09. The molecule has 0 aliphatic heterocycles. The van der Waals surface area contributed by atoms with Crippen molar-refractivity contribution < 1.29 is 9.13 Å². The maximum atomic E-state index is 12.9. The lowest BCUT2D eigenvalue weighted by Crippen LogP contribution is -1.99. The van der Waals surface area contributed by atoms with Crippen molar-refractivity contribution in [3.05, 3.63) is 35.1 Å². The molecule has 17 heavy (non-hydrogen) atoms. The number of hydrogen-bond donors (Lipinski definition) is 1. The van der Waals surface area contributed by atoms with E-state index in [0.717, 1.165) is 0 Å². The Hall–Kier alpha value is -1.88. The van der Waals surface area contributed by atoms with Crippen molar-refractivity contribution in [3.8, 4) is 17.1 Å². The summed E-state index contributed by atoms with van der Waals surface area (Å²) in [7, 11) is 1.47. The first-order valence-corrected chi connectivity index (χ1v) is 5.12. The van der Waals surface area contributed by atoms with Crippen LogP contribution in [0.5, 0.6) is 5.88 Å². The van der Waals surface area contributed by atoms with Crippen LogP contribution in [0.25, 0.3) is 11.3 Å². The van der Waals surface area contributed by atoms with Gasteiger partial charge in [0.15, 0.2) is 0 Å². The van der Waals surface area contributed by atoms with E-state index in [1.165, 1.54) is 25.3 Å². The summed E-state index contributed by atoms with van der Waals surface area (Å²) in [5.41, 5.74) is 6.59. The fourth-order valence-corrected chi connectivity index (χ4v) is 1.65. The van der Waals surface area contributed by atoms with E-state index >= 15 is 0 Å². The fourth-order valence-electron chi connectivity index (χ4n) is 1.38. The van der Waals surface area contributed by atoms with E-state index in [9.17, 15) is 4.39 Å². The molecule has 4 nitrogen and oxygen atoms in total. The minimum Gasteiger partial charge on any atom is -0.481 e. The molecule has 88 valence electrons. The molecule has 1 aromatic carbocycles. The second-order valence-corrected chi connectivity index (χ2v) is 3.69. The lowest BCUT2D eigenvalue weighted by molar-refractivity contribution is 0.398. The molecule has 0 bridgehead atoms. The zero-order valence-electron chi connectivity index (χ0n) is 8.95. The Bertz CT molecular complexity index is 562. The van der Waals surface area contributed by atoms with Gasteiger partial charge < -0.3 is 10.5 Å². The summed E-state index contributed by atoms with van der Waals surface area (Å²) in [4.78, 5) is 7.87. The van der Waals surface area contributed by atoms with Crippen molar-refractivity contribution in [2.45, 2.75) is 0 Å². The topological polar surface area (TPSA) is 61.0 Å². The maximum absolute atomic E-state index is 12.9. The van der Waals surface area contributed by atoms with Crippen LogP contribution in [-0.4, -0.2) is 17.1 Å². The third-order valence-electron chi connectivity index (χ3n) is 2.14. The van der Waals surface area contributed by atoms with Crippen LogP contribution in [0.2, 0.25) is 5.02 Å². The SMILES string of the molecule is COc1cc(-c2ccc(F)cc2Cl)nc(N)n1. The highest BCUT2D eigenvalue weighted by molar-refractivity contribution is 6.33. The first kappa shape index (κ1) is 11.6. The fraction of sp³-hybridized carbons (Fsp3) is 0.0909. The van der Waals surface area contributed by atoms with Gasteiger partial charge in [0.05, 0.1) is 17.8 Å². The molecule has 1 heterocycles. The van der Waals surface area contributed by atoms with E-state index in [1.807, 2.05) is 0 Å². The Morgan fingerprint density at radius 2 is 2.06 bits per heavy atom. The summed E-state index contributed by atoms with van der Waals surface area (Å²) in [6.07, 6.45) is 0. The predicted molar refractivity (Wildman–Crippen MR) is 63.4 cm³/mol. The van der Waals surface area contributed by atoms with Crippen molar-refractivity contribution in [2.75, 3.05) is 12.8 Å². The largest absolute Gasteiger partial charge is 0.481 e. The second-order valence-electron chi connectivity index (χ2n) is 3.28. The summed E-state index contributed by atoms with van der Waals surface area (Å²) in [5.74, 6) is -0.0135. The van der Waals surface area contributed by atoms with Gasteiger partial charge in [-0.15, -0.1) is 0 Å². The molecule has 0 saturated heterocycles. The van der Waals surface area contributed by atoms with Crippen LogP contribution >= 0.6 is 11.6 Å². The minimum absolute atomic E-state index is 0.0692. The Morgan fingerprint density at radius 1 is 1.29 bits per heavy atom. The number of methoxy groups -OCH3 is 1. The minimum atomic E-state index is -0.409. The van der Waals surface area contributed by atoms with E-state index in [2.05, 4.69) is 9.97 Å². The maximum Gasteiger partial charge on any atom is 0.223 e. The highest BCUT2D eigenvalue weighted by Crippen LogP contribution is 2.29. The standard InChI is InChI=1S/C11H9ClFN3O/c1-17-10-5-9(15-11(14)16-10)7-3-2-6(13)4-8(7)12/h2-5H,1H3,(H2,14,15,16). The van der Waals surface area contributed by atoms with E-state index in [4.69, 9.17) is 22.1 Å². The number of nitrogens with two attached hydrogens (primary N) is 1. The van der Waals surface area contributed by atoms with Gasteiger partial charge in [0.1, 0.15) is 5.82 Å². The zero-order valence-corrected chi connectivity index (χ0v) is 9.70. The lowest BCUT2D eigenvalue weighted by atomic mass is 10.1. The quantitative estimate of drug-likeness (QED) is 0.893. The van der Waals surface area contributed by atoms with Crippen molar-refractivity contribution in [1.29, 1.82) is 0 Å². The molecule has 2 N–H and O–H groups in total. The number of hydrogen-bond acceptors (Lipinski definition) is 4. The average molecular weight is 254 g/mol. The number of benzene rings is 1. The van der Waals surface area contributed by atoms with Gasteiger partial charge in [-0.05, 0) is 18.2 Å². The van der Waals surface area contributed by atoms with E-state index in [1.54, 1.807) is 6.07 Å². The molecule has 2 rings (SSSR count). The van der Waals surface area contributed by atoms with Crippen LogP contribution in [0.3, 0.4) is 0 Å². The summed E-state index contributed by atoms with van der Waals surface area (Å²) in [5, 5.41) is 0.255. The number of ether oxygens (including phenoxy) is 1. The first-order valence-electron chi connectivity index (χ1n) is 4.74. The Labute approximate surface area is 102 Å². The smallest absolute Gasteiger partial charge is 0.223 e. The van der Waals surface area contributed by atoms with Crippen LogP contribution in [0.4, 0.5) is 10.3 Å². The van der Waals surface area contributed by atoms with Gasteiger partial charge in [-0.1, -0.05) is 11.6 Å². The first-order chi connectivity index (χ1) is 8.10. The van der Waals surface area contributed by atoms with Crippen LogP contribution in [0.15, 0.2) is 24.3 Å². The number of aromatic nitrogens is 2. The number of anilines is 1. The van der Waals surface area contributed by atoms with Crippen molar-refractivity contribution in [1.82, 2.24) is 9.97 Å². The van der Waals surface area contributed by atoms with Crippen molar-refractivity contribution in [2.24, 2.45) is 0 Å². The summed E-state index contributed by atoms with van der Waals surface area (Å²) < 4.78 is 17.9. The van der Waals surface area contributed by atoms with Gasteiger partial charge in [0, 0.05) is 11.6 Å². The number of halogens is 2. The molecule has 0 fully saturated rings. The zero-order chi connectivity index (χ0) is 12.4. The third-order valence-corrected chi connectivity index (χ3v) is 2.45. The highest BCUT2D eigenvalue weighted by atomic mass is 35.5. The molecule has 0 aliphatic rings. The Kier molecular flexibility index (Phi) is 3.10. The van der Waals surface area contributed by atoms with Gasteiger partial charge in [-0.3, -0.25) is 0 Å². The second kappa shape index (κ2) is 4.55. The number of nitrogens with zero attached hydrogens (tertiary/aromatic N) is 2. The molecular weight excluding hydrogens is 245 g/mol. The molecule has 2 aromatic rings. The summed E-state index contributed by atoms with van der Waals surface area (Å²) in [6.45, 7) is 0. The molecule has 0 aliphatic carbocycles. The van der Waals surface area contributed by atoms with Gasteiger partial charge in [-0.25, -0.2) is 9.37 Å². The summed E-state index contributed by atoms with van der Waals surface area (Å²) >= 11 is 5.93. The molecule has 0 unspecified atom stereocenters. The van der Waals surface area contributed by atoms with Gasteiger partial charge >= 0.3 is 0 Å². The van der Waals surface area contributed by atoms with Crippen LogP contribution < -0.4 is 10.5 Å². The molecule has 6 heteroatoms. The van der Waals surface area contributed by atoms with Gasteiger partial charge in [0.25, 0.3) is 0 Å². The molecule has 0 radical (unpaired) electrons. The molecule has 0 atom stereocenters. The Morgan fingerprint density at radius 3 is 2.71 bits per heavy atom. The monoisotopic (exact) mass is 253 g/mol. The third kappa shape index (κ3) is 2.45. The van der Waals surface area contributed by atoms with Gasteiger partial charge in [-0.2, -0.15) is 4.98 Å². The predicted octanol–water partition coefficient (Wildman–Crippen LogP) is 2.53. The van der Waals surface area contributed by atoms with Gasteiger partial charge in [0.2, 0.25) is 11.8 Å². The molecule has 1 aromatic heterocycles. The summed E-state index contributed by atoms with van der Waals surface area (Å²) in [6, 6.07) is 5.61. The molecule has 0 amide bonds. The number of rotatable bonds is 2. The average Bonchev–Trinajstić information content (AvgIpc) is 2.28. The normalized spacial score (nSPS) is 10.3. The van der Waals surface area contributed by atoms with E-state index in [-0.39, 0.29) is 11.0 Å². The lowest BCUT2D eigenvalue weighted by Gasteiger charge is -2.06. The number of nitrogen functional groups attached to an aromatic ring is 1. The van der Waals surface area contributed by atoms with E-state index in [0.29, 0.717) is 17.1 Å². The van der Waals surface area contributed by atoms with Crippen LogP contribution in [-0.2, 0) is 0 Å².